The van der Waals surface area contributed by atoms with Crippen molar-refractivity contribution in [2.75, 3.05) is 13.2 Å². The molecule has 0 aliphatic heterocycles. The fourth-order valence-corrected chi connectivity index (χ4v) is 1.66. The Labute approximate surface area is 105 Å². The Kier molecular flexibility index (Phi) is 5.22. The molecule has 100 valence electrons. The highest BCUT2D eigenvalue weighted by Gasteiger charge is 2.22. The summed E-state index contributed by atoms with van der Waals surface area (Å²) < 4.78 is 26.6. The van der Waals surface area contributed by atoms with Crippen molar-refractivity contribution in [3.8, 4) is 0 Å². The minimum absolute atomic E-state index is 0.0534. The highest BCUT2D eigenvalue weighted by molar-refractivity contribution is 5.94. The molecule has 0 saturated carbocycles. The van der Waals surface area contributed by atoms with Crippen LogP contribution in [-0.4, -0.2) is 35.1 Å². The van der Waals surface area contributed by atoms with E-state index in [1.807, 2.05) is 0 Å². The third-order valence-corrected chi connectivity index (χ3v) is 2.62. The summed E-state index contributed by atoms with van der Waals surface area (Å²) in [6.45, 7) is 3.82. The van der Waals surface area contributed by atoms with E-state index in [4.69, 9.17) is 5.11 Å². The van der Waals surface area contributed by atoms with Gasteiger partial charge in [-0.15, -0.1) is 0 Å². The van der Waals surface area contributed by atoms with E-state index in [-0.39, 0.29) is 18.2 Å². The molecule has 0 saturated heterocycles. The molecule has 0 aliphatic rings. The van der Waals surface area contributed by atoms with Crippen molar-refractivity contribution in [2.24, 2.45) is 0 Å². The minimum Gasteiger partial charge on any atom is -0.396 e. The summed E-state index contributed by atoms with van der Waals surface area (Å²) in [4.78, 5) is 13.5. The lowest BCUT2D eigenvalue weighted by molar-refractivity contribution is 0.0687. The van der Waals surface area contributed by atoms with Crippen molar-refractivity contribution in [1.82, 2.24) is 4.90 Å². The van der Waals surface area contributed by atoms with Crippen LogP contribution in [0.5, 0.6) is 0 Å². The Morgan fingerprint density at radius 1 is 1.39 bits per heavy atom. The zero-order chi connectivity index (χ0) is 13.7. The molecule has 1 rings (SSSR count). The number of carbonyl (C=O) groups excluding carboxylic acids is 1. The Hall–Kier alpha value is -1.49. The van der Waals surface area contributed by atoms with Gasteiger partial charge in [-0.1, -0.05) is 6.07 Å². The van der Waals surface area contributed by atoms with Crippen molar-refractivity contribution in [1.29, 1.82) is 0 Å². The molecular weight excluding hydrogens is 240 g/mol. The van der Waals surface area contributed by atoms with Crippen molar-refractivity contribution in [3.63, 3.8) is 0 Å². The lowest BCUT2D eigenvalue weighted by Gasteiger charge is -2.26. The molecule has 18 heavy (non-hydrogen) atoms. The number of rotatable bonds is 5. The van der Waals surface area contributed by atoms with Crippen LogP contribution in [0, 0.1) is 11.6 Å². The van der Waals surface area contributed by atoms with Crippen LogP contribution in [0.2, 0.25) is 0 Å². The first-order chi connectivity index (χ1) is 8.49. The predicted octanol–water partition coefficient (Wildman–Crippen LogP) is 2.20. The molecule has 3 nitrogen and oxygen atoms in total. The van der Waals surface area contributed by atoms with Gasteiger partial charge >= 0.3 is 0 Å². The third-order valence-electron chi connectivity index (χ3n) is 2.62. The monoisotopic (exact) mass is 257 g/mol. The summed E-state index contributed by atoms with van der Waals surface area (Å²) in [6, 6.07) is 3.39. The highest BCUT2D eigenvalue weighted by atomic mass is 19.2. The van der Waals surface area contributed by atoms with E-state index < -0.39 is 17.5 Å². The molecule has 1 aromatic rings. The van der Waals surface area contributed by atoms with Gasteiger partial charge in [-0.3, -0.25) is 4.79 Å². The van der Waals surface area contributed by atoms with Crippen LogP contribution in [0.3, 0.4) is 0 Å². The first-order valence-corrected chi connectivity index (χ1v) is 5.85. The van der Waals surface area contributed by atoms with E-state index in [9.17, 15) is 13.6 Å². The fourth-order valence-electron chi connectivity index (χ4n) is 1.66. The summed E-state index contributed by atoms with van der Waals surface area (Å²) in [7, 11) is 0. The molecule has 0 aromatic heterocycles. The summed E-state index contributed by atoms with van der Waals surface area (Å²) >= 11 is 0. The van der Waals surface area contributed by atoms with Gasteiger partial charge in [-0.05, 0) is 32.4 Å². The third kappa shape index (κ3) is 3.26. The number of nitrogens with zero attached hydrogens (tertiary/aromatic N) is 1. The molecule has 0 heterocycles. The quantitative estimate of drug-likeness (QED) is 0.878. The van der Waals surface area contributed by atoms with E-state index in [1.165, 1.54) is 17.0 Å². The van der Waals surface area contributed by atoms with E-state index in [0.717, 1.165) is 6.07 Å². The van der Waals surface area contributed by atoms with Gasteiger partial charge < -0.3 is 10.0 Å². The number of hydrogen-bond donors (Lipinski definition) is 1. The number of benzene rings is 1. The molecule has 0 fully saturated rings. The van der Waals surface area contributed by atoms with Gasteiger partial charge in [-0.25, -0.2) is 8.78 Å². The number of carbonyl (C=O) groups is 1. The summed E-state index contributed by atoms with van der Waals surface area (Å²) in [5, 5.41) is 8.78. The van der Waals surface area contributed by atoms with Crippen molar-refractivity contribution < 1.29 is 18.7 Å². The predicted molar refractivity (Wildman–Crippen MR) is 64.2 cm³/mol. The molecule has 1 amide bonds. The minimum atomic E-state index is -1.13. The summed E-state index contributed by atoms with van der Waals surface area (Å²) in [6.07, 6.45) is 0.404. The van der Waals surface area contributed by atoms with E-state index in [0.29, 0.717) is 13.0 Å². The number of halogens is 2. The molecule has 0 atom stereocenters. The highest BCUT2D eigenvalue weighted by Crippen LogP contribution is 2.15. The van der Waals surface area contributed by atoms with Gasteiger partial charge in [0, 0.05) is 19.2 Å². The largest absolute Gasteiger partial charge is 0.396 e. The molecule has 1 N–H and O–H groups in total. The van der Waals surface area contributed by atoms with Crippen LogP contribution in [0.4, 0.5) is 8.78 Å². The molecule has 1 aromatic carbocycles. The zero-order valence-corrected chi connectivity index (χ0v) is 10.5. The molecule has 0 aliphatic carbocycles. The van der Waals surface area contributed by atoms with Gasteiger partial charge in [-0.2, -0.15) is 0 Å². The van der Waals surface area contributed by atoms with E-state index in [1.54, 1.807) is 13.8 Å². The number of aliphatic hydroxyl groups is 1. The van der Waals surface area contributed by atoms with Crippen LogP contribution in [0.25, 0.3) is 0 Å². The van der Waals surface area contributed by atoms with Crippen molar-refractivity contribution in [3.05, 3.63) is 35.4 Å². The Bertz CT molecular complexity index is 421. The summed E-state index contributed by atoms with van der Waals surface area (Å²) in [5.41, 5.74) is -0.276. The zero-order valence-electron chi connectivity index (χ0n) is 10.5. The topological polar surface area (TPSA) is 40.5 Å². The number of amides is 1. The van der Waals surface area contributed by atoms with Gasteiger partial charge in [0.15, 0.2) is 11.6 Å². The van der Waals surface area contributed by atoms with Crippen LogP contribution < -0.4 is 0 Å². The number of hydrogen-bond acceptors (Lipinski definition) is 2. The normalized spacial score (nSPS) is 10.8. The molecule has 0 bridgehead atoms. The average molecular weight is 257 g/mol. The molecule has 0 unspecified atom stereocenters. The number of aliphatic hydroxyl groups excluding tert-OH is 1. The van der Waals surface area contributed by atoms with Gasteiger partial charge in [0.2, 0.25) is 0 Å². The molecule has 5 heteroatoms. The van der Waals surface area contributed by atoms with E-state index in [2.05, 4.69) is 0 Å². The fraction of sp³-hybridized carbons (Fsp3) is 0.462. The SMILES string of the molecule is CC(C)N(CCCO)C(=O)c1cccc(F)c1F. The summed E-state index contributed by atoms with van der Waals surface area (Å²) in [5.74, 6) is -2.72. The second kappa shape index (κ2) is 6.44. The standard InChI is InChI=1S/C13H17F2NO2/c1-9(2)16(7-4-8-17)13(18)10-5-3-6-11(14)12(10)15/h3,5-6,9,17H,4,7-8H2,1-2H3. The first kappa shape index (κ1) is 14.6. The van der Waals surface area contributed by atoms with Crippen molar-refractivity contribution >= 4 is 5.91 Å². The van der Waals surface area contributed by atoms with Gasteiger partial charge in [0.25, 0.3) is 5.91 Å². The maximum atomic E-state index is 13.5. The second-order valence-electron chi connectivity index (χ2n) is 4.27. The van der Waals surface area contributed by atoms with Crippen molar-refractivity contribution in [2.45, 2.75) is 26.3 Å². The Morgan fingerprint density at radius 2 is 2.06 bits per heavy atom. The van der Waals surface area contributed by atoms with Crippen LogP contribution in [0.15, 0.2) is 18.2 Å². The molecule has 0 radical (unpaired) electrons. The maximum Gasteiger partial charge on any atom is 0.257 e. The Balaban J connectivity index is 2.98. The Morgan fingerprint density at radius 3 is 2.61 bits per heavy atom. The van der Waals surface area contributed by atoms with Crippen LogP contribution >= 0.6 is 0 Å². The van der Waals surface area contributed by atoms with Gasteiger partial charge in [0.1, 0.15) is 0 Å². The lowest BCUT2D eigenvalue weighted by atomic mass is 10.1. The van der Waals surface area contributed by atoms with E-state index >= 15 is 0 Å². The lowest BCUT2D eigenvalue weighted by Crippen LogP contribution is -2.38. The average Bonchev–Trinajstić information content (AvgIpc) is 2.32. The smallest absolute Gasteiger partial charge is 0.257 e. The van der Waals surface area contributed by atoms with Gasteiger partial charge in [0.05, 0.1) is 5.56 Å². The van der Waals surface area contributed by atoms with Crippen LogP contribution in [-0.2, 0) is 0 Å². The maximum absolute atomic E-state index is 13.5. The second-order valence-corrected chi connectivity index (χ2v) is 4.27. The van der Waals surface area contributed by atoms with Crippen LogP contribution in [0.1, 0.15) is 30.6 Å². The molecule has 0 spiro atoms. The molecular formula is C13H17F2NO2. The first-order valence-electron chi connectivity index (χ1n) is 5.85.